The Morgan fingerprint density at radius 3 is 2.02 bits per heavy atom. The van der Waals surface area contributed by atoms with E-state index in [0.29, 0.717) is 0 Å². The molecule has 2 aromatic carbocycles. The minimum Gasteiger partial charge on any atom is -0.332 e. The summed E-state index contributed by atoms with van der Waals surface area (Å²) in [6.07, 6.45) is 15.7. The molecule has 1 aromatic heterocycles. The first-order chi connectivity index (χ1) is 24.0. The summed E-state index contributed by atoms with van der Waals surface area (Å²) in [4.78, 5) is 13.0. The summed E-state index contributed by atoms with van der Waals surface area (Å²) in [5, 5.41) is 0. The lowest BCUT2D eigenvalue weighted by Crippen LogP contribution is -2.40. The van der Waals surface area contributed by atoms with Crippen molar-refractivity contribution >= 4 is 22.9 Å². The lowest BCUT2D eigenvalue weighted by molar-refractivity contribution is -0.873. The van der Waals surface area contributed by atoms with E-state index in [4.69, 9.17) is 9.98 Å². The molecular weight excluding hydrogens is 625 g/mol. The van der Waals surface area contributed by atoms with Gasteiger partial charge >= 0.3 is 5.82 Å². The molecule has 3 aromatic rings. The van der Waals surface area contributed by atoms with Crippen molar-refractivity contribution in [3.63, 3.8) is 0 Å². The SMILES string of the molecule is CC1(C)C2=CC(c3ccccc3)=CN(CCC[N+](C)(C)C)C2=N/C1=C\C=C\C1=Nc2c(cc(-c3ccccc3)c[n+]2CCC[N+](C)(C)C)C1(C)C. The molecule has 4 heterocycles. The Morgan fingerprint density at radius 2 is 1.37 bits per heavy atom. The van der Waals surface area contributed by atoms with Crippen LogP contribution in [0.1, 0.15) is 51.7 Å². The number of benzene rings is 2. The summed E-state index contributed by atoms with van der Waals surface area (Å²) < 4.78 is 4.29. The number of pyridine rings is 1. The van der Waals surface area contributed by atoms with Crippen molar-refractivity contribution in [2.75, 3.05) is 61.9 Å². The first kappa shape index (κ1) is 36.4. The Morgan fingerprint density at radius 1 is 0.745 bits per heavy atom. The Kier molecular flexibility index (Phi) is 9.97. The first-order valence-electron chi connectivity index (χ1n) is 18.6. The van der Waals surface area contributed by atoms with Crippen LogP contribution < -0.4 is 4.57 Å². The molecule has 266 valence electrons. The van der Waals surface area contributed by atoms with Crippen LogP contribution in [0.2, 0.25) is 0 Å². The Labute approximate surface area is 307 Å². The molecule has 3 aliphatic rings. The third-order valence-corrected chi connectivity index (χ3v) is 10.5. The maximum absolute atomic E-state index is 5.33. The van der Waals surface area contributed by atoms with E-state index in [-0.39, 0.29) is 10.8 Å². The number of aryl methyl sites for hydroxylation is 1. The third kappa shape index (κ3) is 8.08. The second-order valence-corrected chi connectivity index (χ2v) is 17.6. The molecule has 0 atom stereocenters. The average Bonchev–Trinajstić information content (AvgIpc) is 3.48. The number of allylic oxidation sites excluding steroid dienone is 6. The van der Waals surface area contributed by atoms with E-state index >= 15 is 0 Å². The Bertz CT molecular complexity index is 1940. The number of hydrogen-bond donors (Lipinski definition) is 0. The van der Waals surface area contributed by atoms with Crippen LogP contribution in [-0.2, 0) is 12.0 Å². The van der Waals surface area contributed by atoms with Crippen LogP contribution in [-0.4, -0.2) is 87.3 Å². The molecule has 0 amide bonds. The molecule has 6 rings (SSSR count). The van der Waals surface area contributed by atoms with Crippen molar-refractivity contribution in [3.8, 4) is 11.1 Å². The van der Waals surface area contributed by atoms with E-state index < -0.39 is 0 Å². The quantitative estimate of drug-likeness (QED) is 0.140. The lowest BCUT2D eigenvalue weighted by atomic mass is 9.79. The molecule has 0 radical (unpaired) electrons. The number of nitrogens with zero attached hydrogens (tertiary/aromatic N) is 6. The number of aromatic nitrogens is 1. The Balaban J connectivity index is 1.31. The van der Waals surface area contributed by atoms with Gasteiger partial charge in [0.05, 0.1) is 84.8 Å². The summed E-state index contributed by atoms with van der Waals surface area (Å²) in [5.74, 6) is 2.16. The lowest BCUT2D eigenvalue weighted by Gasteiger charge is -2.32. The van der Waals surface area contributed by atoms with E-state index in [1.807, 2.05) is 0 Å². The van der Waals surface area contributed by atoms with Gasteiger partial charge in [0.25, 0.3) is 0 Å². The van der Waals surface area contributed by atoms with Crippen molar-refractivity contribution in [3.05, 3.63) is 126 Å². The summed E-state index contributed by atoms with van der Waals surface area (Å²) >= 11 is 0. The van der Waals surface area contributed by atoms with Crippen LogP contribution in [0.25, 0.3) is 16.7 Å². The van der Waals surface area contributed by atoms with E-state index in [0.717, 1.165) is 71.0 Å². The van der Waals surface area contributed by atoms with E-state index in [9.17, 15) is 0 Å². The number of amidine groups is 1. The van der Waals surface area contributed by atoms with E-state index in [1.54, 1.807) is 0 Å². The zero-order valence-corrected chi connectivity index (χ0v) is 32.7. The van der Waals surface area contributed by atoms with Gasteiger partial charge < -0.3 is 13.9 Å². The highest BCUT2D eigenvalue weighted by Gasteiger charge is 2.43. The monoisotopic (exact) mass is 683 g/mol. The zero-order chi connectivity index (χ0) is 36.6. The summed E-state index contributed by atoms with van der Waals surface area (Å²) in [5.41, 5.74) is 9.20. The molecule has 0 aliphatic carbocycles. The molecule has 0 saturated heterocycles. The van der Waals surface area contributed by atoms with Crippen LogP contribution in [0.5, 0.6) is 0 Å². The minimum atomic E-state index is -0.235. The number of quaternary nitrogens is 2. The fraction of sp³-hybridized carbons (Fsp3) is 0.400. The number of rotatable bonds is 12. The minimum absolute atomic E-state index is 0.235. The third-order valence-electron chi connectivity index (χ3n) is 10.5. The van der Waals surface area contributed by atoms with Crippen molar-refractivity contribution in [1.29, 1.82) is 0 Å². The van der Waals surface area contributed by atoms with Crippen molar-refractivity contribution < 1.29 is 13.5 Å². The van der Waals surface area contributed by atoms with Crippen molar-refractivity contribution in [2.24, 2.45) is 15.4 Å². The summed E-state index contributed by atoms with van der Waals surface area (Å²) in [6, 6.07) is 23.8. The highest BCUT2D eigenvalue weighted by atomic mass is 15.3. The highest BCUT2D eigenvalue weighted by Crippen LogP contribution is 2.46. The topological polar surface area (TPSA) is 31.8 Å². The molecule has 6 heteroatoms. The highest BCUT2D eigenvalue weighted by molar-refractivity contribution is 6.09. The molecule has 3 aliphatic heterocycles. The molecule has 0 spiro atoms. The first-order valence-corrected chi connectivity index (χ1v) is 18.6. The fourth-order valence-electron chi connectivity index (χ4n) is 7.30. The predicted octanol–water partition coefficient (Wildman–Crippen LogP) is 8.36. The Hall–Kier alpha value is -4.39. The maximum Gasteiger partial charge on any atom is 0.327 e. The zero-order valence-electron chi connectivity index (χ0n) is 32.7. The van der Waals surface area contributed by atoms with Crippen molar-refractivity contribution in [1.82, 2.24) is 4.90 Å². The summed E-state index contributed by atoms with van der Waals surface area (Å²) in [7, 11) is 13.6. The van der Waals surface area contributed by atoms with Gasteiger partial charge in [-0.25, -0.2) is 9.56 Å². The van der Waals surface area contributed by atoms with Gasteiger partial charge in [-0.1, -0.05) is 80.6 Å². The van der Waals surface area contributed by atoms with Gasteiger partial charge in [-0.3, -0.25) is 0 Å². The van der Waals surface area contributed by atoms with Crippen LogP contribution >= 0.6 is 0 Å². The largest absolute Gasteiger partial charge is 0.332 e. The van der Waals surface area contributed by atoms with Gasteiger partial charge in [-0.15, -0.1) is 0 Å². The van der Waals surface area contributed by atoms with Crippen LogP contribution in [0.4, 0.5) is 5.82 Å². The summed E-state index contributed by atoms with van der Waals surface area (Å²) in [6.45, 7) is 13.3. The van der Waals surface area contributed by atoms with Crippen LogP contribution in [0.15, 0.2) is 125 Å². The average molecular weight is 684 g/mol. The second kappa shape index (κ2) is 14.0. The molecule has 6 nitrogen and oxygen atoms in total. The smallest absolute Gasteiger partial charge is 0.327 e. The van der Waals surface area contributed by atoms with E-state index in [2.05, 4.69) is 183 Å². The second-order valence-electron chi connectivity index (χ2n) is 17.6. The fourth-order valence-corrected chi connectivity index (χ4v) is 7.30. The van der Waals surface area contributed by atoms with Crippen LogP contribution in [0, 0.1) is 5.41 Å². The maximum atomic E-state index is 5.33. The number of aliphatic imine (C=N–C) groups is 2. The molecule has 0 fully saturated rings. The standard InChI is InChI=1S/C45H59N6/c1-44(2)38-30-36(34-20-13-11-14-21-34)32-48(26-18-28-50(5,6)7)42(38)46-40(44)24-17-25-41-45(3,4)39-31-37(35-22-15-12-16-23-35)33-49(43(39)47-41)27-19-29-51(8,9)10/h11-17,20-25,30-33H,18-19,26-29H2,1-10H3/q+3. The van der Waals surface area contributed by atoms with Crippen molar-refractivity contribution in [2.45, 2.75) is 52.5 Å². The molecule has 0 bridgehead atoms. The molecule has 51 heavy (non-hydrogen) atoms. The normalized spacial score (nSPS) is 18.8. The van der Waals surface area contributed by atoms with Crippen LogP contribution in [0.3, 0.4) is 0 Å². The van der Waals surface area contributed by atoms with E-state index in [1.165, 1.54) is 33.4 Å². The van der Waals surface area contributed by atoms with Gasteiger partial charge in [0.2, 0.25) is 0 Å². The van der Waals surface area contributed by atoms with Gasteiger partial charge in [0.15, 0.2) is 5.71 Å². The van der Waals surface area contributed by atoms with Gasteiger partial charge in [-0.05, 0) is 59.8 Å². The molecular formula is C45H59N6+3. The van der Waals surface area contributed by atoms with Gasteiger partial charge in [0.1, 0.15) is 5.84 Å². The van der Waals surface area contributed by atoms with Gasteiger partial charge in [-0.2, -0.15) is 0 Å². The number of hydrogen-bond acceptors (Lipinski definition) is 3. The molecule has 0 saturated carbocycles. The molecule has 0 N–H and O–H groups in total. The molecule has 0 unspecified atom stereocenters. The number of fused-ring (bicyclic) bond motifs is 2. The van der Waals surface area contributed by atoms with Gasteiger partial charge in [0, 0.05) is 42.1 Å². The predicted molar refractivity (Wildman–Crippen MR) is 215 cm³/mol.